The van der Waals surface area contributed by atoms with Crippen LogP contribution in [0.25, 0.3) is 0 Å². The largest absolute Gasteiger partial charge is 0.438 e. The summed E-state index contributed by atoms with van der Waals surface area (Å²) in [5.41, 5.74) is 4.15. The average molecular weight is 215 g/mol. The van der Waals surface area contributed by atoms with Crippen LogP contribution in [0.1, 0.15) is 27.2 Å². The third kappa shape index (κ3) is 3.20. The first kappa shape index (κ1) is 12.0. The highest BCUT2D eigenvalue weighted by atomic mass is 16.6. The molecule has 0 aromatic carbocycles. The molecule has 0 aromatic heterocycles. The normalized spacial score (nSPS) is 26.1. The molecule has 0 bridgehead atoms. The second-order valence-corrected chi connectivity index (χ2v) is 4.44. The summed E-state index contributed by atoms with van der Waals surface area (Å²) in [7, 11) is 0. The van der Waals surface area contributed by atoms with E-state index in [2.05, 4.69) is 0 Å². The summed E-state index contributed by atoms with van der Waals surface area (Å²) in [6, 6.07) is 0. The number of ether oxygens (including phenoxy) is 2. The number of ketones is 1. The lowest BCUT2D eigenvalue weighted by Gasteiger charge is -2.18. The Morgan fingerprint density at radius 3 is 2.40 bits per heavy atom. The first-order valence-electron chi connectivity index (χ1n) is 4.99. The highest BCUT2D eigenvalue weighted by Crippen LogP contribution is 2.30. The maximum atomic E-state index is 11.8. The van der Waals surface area contributed by atoms with Crippen LogP contribution in [-0.4, -0.2) is 30.2 Å². The number of carbonyl (C=O) groups excluding carboxylic acids is 2. The summed E-state index contributed by atoms with van der Waals surface area (Å²) >= 11 is 0. The fourth-order valence-corrected chi connectivity index (χ4v) is 1.37. The van der Waals surface area contributed by atoms with Crippen molar-refractivity contribution >= 4 is 11.9 Å². The van der Waals surface area contributed by atoms with E-state index < -0.39 is 17.8 Å². The molecule has 0 spiro atoms. The minimum atomic E-state index is -0.918. The molecule has 1 aliphatic rings. The summed E-state index contributed by atoms with van der Waals surface area (Å²) in [5.74, 6) is 0.0515. The van der Waals surface area contributed by atoms with Crippen LogP contribution in [0, 0.1) is 5.92 Å². The van der Waals surface area contributed by atoms with Crippen LogP contribution < -0.4 is 5.73 Å². The van der Waals surface area contributed by atoms with Gasteiger partial charge in [-0.2, -0.15) is 0 Å². The van der Waals surface area contributed by atoms with Gasteiger partial charge in [-0.25, -0.2) is 4.79 Å². The molecule has 0 aliphatic carbocycles. The van der Waals surface area contributed by atoms with E-state index in [4.69, 9.17) is 15.2 Å². The van der Waals surface area contributed by atoms with Crippen molar-refractivity contribution in [1.82, 2.24) is 0 Å². The predicted octanol–water partition coefficient (Wildman–Crippen LogP) is 0.854. The van der Waals surface area contributed by atoms with Crippen LogP contribution in [0.5, 0.6) is 0 Å². The van der Waals surface area contributed by atoms with Crippen molar-refractivity contribution in [2.45, 2.75) is 38.9 Å². The highest BCUT2D eigenvalue weighted by molar-refractivity contribution is 5.94. The summed E-state index contributed by atoms with van der Waals surface area (Å²) in [5, 5.41) is 0. The molecule has 0 unspecified atom stereocenters. The maximum Gasteiger partial charge on any atom is 0.405 e. The molecule has 86 valence electrons. The van der Waals surface area contributed by atoms with E-state index in [-0.39, 0.29) is 11.7 Å². The van der Waals surface area contributed by atoms with Gasteiger partial charge in [0.1, 0.15) is 0 Å². The fraction of sp³-hybridized carbons (Fsp3) is 0.800. The van der Waals surface area contributed by atoms with Gasteiger partial charge in [0.15, 0.2) is 11.7 Å². The molecular formula is C10H17NO4. The molecule has 1 aliphatic heterocycles. The fourth-order valence-electron chi connectivity index (χ4n) is 1.37. The Bertz CT molecular complexity index is 271. The minimum absolute atomic E-state index is 0.199. The van der Waals surface area contributed by atoms with Crippen molar-refractivity contribution in [3.8, 4) is 0 Å². The quantitative estimate of drug-likeness (QED) is 0.689. The molecule has 2 atom stereocenters. The topological polar surface area (TPSA) is 81.9 Å². The molecule has 0 saturated carbocycles. The molecule has 2 N–H and O–H groups in total. The van der Waals surface area contributed by atoms with Crippen LogP contribution in [0.3, 0.4) is 0 Å². The molecule has 1 saturated heterocycles. The Hall–Kier alpha value is -1.10. The van der Waals surface area contributed by atoms with Gasteiger partial charge in [0, 0.05) is 0 Å². The second-order valence-electron chi connectivity index (χ2n) is 4.44. The van der Waals surface area contributed by atoms with E-state index in [1.807, 2.05) is 13.8 Å². The van der Waals surface area contributed by atoms with E-state index in [1.165, 1.54) is 0 Å². The molecular weight excluding hydrogens is 198 g/mol. The van der Waals surface area contributed by atoms with Crippen LogP contribution in [0.2, 0.25) is 0 Å². The Kier molecular flexibility index (Phi) is 3.34. The van der Waals surface area contributed by atoms with Gasteiger partial charge in [-0.3, -0.25) is 4.79 Å². The number of hydrogen-bond acceptors (Lipinski definition) is 4. The third-order valence-corrected chi connectivity index (χ3v) is 2.33. The number of primary amides is 1. The zero-order valence-electron chi connectivity index (χ0n) is 9.28. The first-order chi connectivity index (χ1) is 6.85. The molecule has 5 heteroatoms. The van der Waals surface area contributed by atoms with Gasteiger partial charge in [-0.1, -0.05) is 13.8 Å². The van der Waals surface area contributed by atoms with Crippen molar-refractivity contribution < 1.29 is 19.1 Å². The summed E-state index contributed by atoms with van der Waals surface area (Å²) < 4.78 is 9.82. The zero-order chi connectivity index (χ0) is 11.6. The van der Waals surface area contributed by atoms with Gasteiger partial charge in [-0.15, -0.1) is 0 Å². The molecule has 15 heavy (non-hydrogen) atoms. The van der Waals surface area contributed by atoms with Crippen LogP contribution >= 0.6 is 0 Å². The number of hydrogen-bond donors (Lipinski definition) is 1. The van der Waals surface area contributed by atoms with E-state index in [0.717, 1.165) is 0 Å². The summed E-state index contributed by atoms with van der Waals surface area (Å²) in [4.78, 5) is 22.5. The summed E-state index contributed by atoms with van der Waals surface area (Å²) in [6.07, 6.45) is -1.23. The Morgan fingerprint density at radius 2 is 2.07 bits per heavy atom. The minimum Gasteiger partial charge on any atom is -0.438 e. The molecule has 1 rings (SSSR count). The number of carbonyl (C=O) groups is 2. The smallest absolute Gasteiger partial charge is 0.405 e. The molecule has 0 aromatic rings. The van der Waals surface area contributed by atoms with Gasteiger partial charge >= 0.3 is 6.09 Å². The van der Waals surface area contributed by atoms with Crippen LogP contribution in [0.15, 0.2) is 0 Å². The van der Waals surface area contributed by atoms with Gasteiger partial charge in [0.25, 0.3) is 0 Å². The third-order valence-electron chi connectivity index (χ3n) is 2.33. The first-order valence-corrected chi connectivity index (χ1v) is 4.99. The van der Waals surface area contributed by atoms with Gasteiger partial charge < -0.3 is 15.2 Å². The van der Waals surface area contributed by atoms with Gasteiger partial charge in [0.2, 0.25) is 5.78 Å². The van der Waals surface area contributed by atoms with Gasteiger partial charge in [0.05, 0.1) is 6.61 Å². The van der Waals surface area contributed by atoms with Crippen molar-refractivity contribution in [3.63, 3.8) is 0 Å². The molecule has 0 radical (unpaired) electrons. The maximum absolute atomic E-state index is 11.8. The van der Waals surface area contributed by atoms with E-state index >= 15 is 0 Å². The van der Waals surface area contributed by atoms with E-state index in [0.29, 0.717) is 13.0 Å². The zero-order valence-corrected chi connectivity index (χ0v) is 9.28. The van der Waals surface area contributed by atoms with Gasteiger partial charge in [-0.05, 0) is 19.3 Å². The predicted molar refractivity (Wildman–Crippen MR) is 53.3 cm³/mol. The van der Waals surface area contributed by atoms with Crippen molar-refractivity contribution in [2.24, 2.45) is 11.7 Å². The lowest BCUT2D eigenvalue weighted by Crippen LogP contribution is -2.38. The second kappa shape index (κ2) is 4.18. The molecule has 1 heterocycles. The summed E-state index contributed by atoms with van der Waals surface area (Å²) in [6.45, 7) is 5.97. The Balaban J connectivity index is 2.62. The average Bonchev–Trinajstić information content (AvgIpc) is 2.81. The number of Topliss-reactive ketones (excluding diaryl/α,β-unsaturated/α-hetero) is 1. The molecule has 1 fully saturated rings. The number of epoxide rings is 1. The monoisotopic (exact) mass is 215 g/mol. The number of nitrogens with two attached hydrogens (primary N) is 1. The Morgan fingerprint density at radius 1 is 1.53 bits per heavy atom. The van der Waals surface area contributed by atoms with Crippen LogP contribution in [-0.2, 0) is 14.3 Å². The molecule has 1 amide bonds. The Labute approximate surface area is 88.9 Å². The van der Waals surface area contributed by atoms with Crippen molar-refractivity contribution in [2.75, 3.05) is 6.61 Å². The molecule has 5 nitrogen and oxygen atoms in total. The van der Waals surface area contributed by atoms with Crippen molar-refractivity contribution in [3.05, 3.63) is 0 Å². The van der Waals surface area contributed by atoms with E-state index in [1.54, 1.807) is 6.92 Å². The SMILES string of the molecule is CC(C)C[C@H](OC(N)=O)C(=O)[C@@]1(C)CO1. The number of rotatable bonds is 5. The standard InChI is InChI=1S/C10H17NO4/c1-6(2)4-7(15-9(11)13)8(12)10(3)5-14-10/h6-7H,4-5H2,1-3H3,(H2,11,13)/t7-,10+/m0/s1. The van der Waals surface area contributed by atoms with Crippen LogP contribution in [0.4, 0.5) is 4.79 Å². The lowest BCUT2D eigenvalue weighted by molar-refractivity contribution is -0.132. The lowest BCUT2D eigenvalue weighted by atomic mass is 9.96. The van der Waals surface area contributed by atoms with E-state index in [9.17, 15) is 9.59 Å². The van der Waals surface area contributed by atoms with Crippen molar-refractivity contribution in [1.29, 1.82) is 0 Å². The number of amides is 1. The highest BCUT2D eigenvalue weighted by Gasteiger charge is 2.50.